The van der Waals surface area contributed by atoms with Gasteiger partial charge in [-0.2, -0.15) is 0 Å². The molecule has 0 unspecified atom stereocenters. The van der Waals surface area contributed by atoms with Crippen LogP contribution in [-0.4, -0.2) is 58.8 Å². The molecule has 1 aromatic rings. The Morgan fingerprint density at radius 3 is 2.68 bits per heavy atom. The topological polar surface area (TPSA) is 44.3 Å². The second-order valence-electron chi connectivity index (χ2n) is 5.47. The van der Waals surface area contributed by atoms with E-state index in [1.54, 1.807) is 11.3 Å². The molecule has 19 heavy (non-hydrogen) atoms. The zero-order chi connectivity index (χ0) is 13.1. The summed E-state index contributed by atoms with van der Waals surface area (Å²) in [6, 6.07) is 0.911. The van der Waals surface area contributed by atoms with Crippen LogP contribution in [0.25, 0.3) is 0 Å². The van der Waals surface area contributed by atoms with Crippen LogP contribution in [0.5, 0.6) is 0 Å². The predicted molar refractivity (Wildman–Crippen MR) is 78.6 cm³/mol. The molecule has 106 valence electrons. The van der Waals surface area contributed by atoms with Crippen molar-refractivity contribution in [2.45, 2.75) is 38.8 Å². The largest absolute Gasteiger partial charge is 0.360 e. The highest BCUT2D eigenvalue weighted by Crippen LogP contribution is 2.27. The van der Waals surface area contributed by atoms with E-state index >= 15 is 0 Å². The molecule has 1 aromatic heterocycles. The van der Waals surface area contributed by atoms with E-state index in [0.29, 0.717) is 0 Å². The first-order valence-electron chi connectivity index (χ1n) is 7.38. The third kappa shape index (κ3) is 3.64. The fourth-order valence-electron chi connectivity index (χ4n) is 2.54. The van der Waals surface area contributed by atoms with Crippen LogP contribution in [0.1, 0.15) is 31.2 Å². The summed E-state index contributed by atoms with van der Waals surface area (Å²) in [5.74, 6) is 0. The molecule has 1 aliphatic heterocycles. The molecule has 0 radical (unpaired) electrons. The summed E-state index contributed by atoms with van der Waals surface area (Å²) in [4.78, 5) is 5.15. The molecule has 0 atom stereocenters. The molecule has 3 rings (SSSR count). The van der Waals surface area contributed by atoms with Gasteiger partial charge in [-0.3, -0.25) is 9.80 Å². The molecule has 2 fully saturated rings. The van der Waals surface area contributed by atoms with E-state index in [0.717, 1.165) is 35.7 Å². The quantitative estimate of drug-likeness (QED) is 0.859. The monoisotopic (exact) mass is 281 g/mol. The van der Waals surface area contributed by atoms with E-state index in [2.05, 4.69) is 32.2 Å². The molecular formula is C13H23N5S. The summed E-state index contributed by atoms with van der Waals surface area (Å²) >= 11 is 1.70. The van der Waals surface area contributed by atoms with Crippen molar-refractivity contribution in [2.75, 3.05) is 38.0 Å². The minimum atomic E-state index is 0.911. The molecule has 1 aliphatic carbocycles. The second kappa shape index (κ2) is 6.15. The van der Waals surface area contributed by atoms with Crippen LogP contribution in [0.3, 0.4) is 0 Å². The first-order chi connectivity index (χ1) is 9.35. The Morgan fingerprint density at radius 2 is 2.00 bits per heavy atom. The fourth-order valence-corrected chi connectivity index (χ4v) is 3.35. The summed E-state index contributed by atoms with van der Waals surface area (Å²) in [5.41, 5.74) is 0. The van der Waals surface area contributed by atoms with Gasteiger partial charge < -0.3 is 5.32 Å². The highest BCUT2D eigenvalue weighted by atomic mass is 32.1. The van der Waals surface area contributed by atoms with Crippen molar-refractivity contribution in [1.29, 1.82) is 0 Å². The second-order valence-corrected chi connectivity index (χ2v) is 6.53. The first kappa shape index (κ1) is 13.3. The normalized spacial score (nSPS) is 21.7. The molecule has 2 heterocycles. The number of aromatic nitrogens is 2. The minimum absolute atomic E-state index is 0.911. The van der Waals surface area contributed by atoms with Gasteiger partial charge in [0, 0.05) is 38.8 Å². The number of hydrogen-bond donors (Lipinski definition) is 1. The highest BCUT2D eigenvalue weighted by Gasteiger charge is 2.31. The average Bonchev–Trinajstić information content (AvgIpc) is 3.19. The smallest absolute Gasteiger partial charge is 0.205 e. The van der Waals surface area contributed by atoms with Crippen molar-refractivity contribution in [3.8, 4) is 0 Å². The standard InChI is InChI=1S/C13H23N5S/c1-2-5-14-13-16-15-12(19-13)10-17-6-8-18(9-7-17)11-3-4-11/h11H,2-10H2,1H3,(H,14,16). The van der Waals surface area contributed by atoms with Crippen LogP contribution in [0.2, 0.25) is 0 Å². The fraction of sp³-hybridized carbons (Fsp3) is 0.846. The Hall–Kier alpha value is -0.720. The molecule has 0 spiro atoms. The summed E-state index contributed by atoms with van der Waals surface area (Å²) < 4.78 is 0. The minimum Gasteiger partial charge on any atom is -0.360 e. The summed E-state index contributed by atoms with van der Waals surface area (Å²) in [7, 11) is 0. The van der Waals surface area contributed by atoms with Gasteiger partial charge in [0.1, 0.15) is 5.01 Å². The molecule has 0 bridgehead atoms. The highest BCUT2D eigenvalue weighted by molar-refractivity contribution is 7.15. The van der Waals surface area contributed by atoms with Crippen LogP contribution in [-0.2, 0) is 6.54 Å². The van der Waals surface area contributed by atoms with Gasteiger partial charge in [-0.05, 0) is 19.3 Å². The van der Waals surface area contributed by atoms with Gasteiger partial charge in [0.25, 0.3) is 0 Å². The number of hydrogen-bond acceptors (Lipinski definition) is 6. The van der Waals surface area contributed by atoms with E-state index in [-0.39, 0.29) is 0 Å². The van der Waals surface area contributed by atoms with E-state index in [1.807, 2.05) is 0 Å². The van der Waals surface area contributed by atoms with Crippen molar-refractivity contribution in [3.05, 3.63) is 5.01 Å². The molecule has 6 heteroatoms. The molecule has 2 aliphatic rings. The van der Waals surface area contributed by atoms with Crippen molar-refractivity contribution in [2.24, 2.45) is 0 Å². The van der Waals surface area contributed by atoms with Crippen LogP contribution >= 0.6 is 11.3 Å². The lowest BCUT2D eigenvalue weighted by molar-refractivity contribution is 0.121. The number of nitrogens with one attached hydrogen (secondary N) is 1. The summed E-state index contributed by atoms with van der Waals surface area (Å²) in [5, 5.41) is 13.9. The predicted octanol–water partition coefficient (Wildman–Crippen LogP) is 1.64. The van der Waals surface area contributed by atoms with Gasteiger partial charge in [-0.1, -0.05) is 18.3 Å². The van der Waals surface area contributed by atoms with E-state index < -0.39 is 0 Å². The lowest BCUT2D eigenvalue weighted by Gasteiger charge is -2.34. The number of anilines is 1. The van der Waals surface area contributed by atoms with Gasteiger partial charge in [0.05, 0.1) is 6.54 Å². The zero-order valence-electron chi connectivity index (χ0n) is 11.6. The number of rotatable bonds is 6. The number of nitrogens with zero attached hydrogens (tertiary/aromatic N) is 4. The Balaban J connectivity index is 1.44. The van der Waals surface area contributed by atoms with Gasteiger partial charge >= 0.3 is 0 Å². The van der Waals surface area contributed by atoms with Gasteiger partial charge in [0.2, 0.25) is 5.13 Å². The molecule has 5 nitrogen and oxygen atoms in total. The van der Waals surface area contributed by atoms with E-state index in [1.165, 1.54) is 39.0 Å². The maximum atomic E-state index is 4.28. The third-order valence-corrected chi connectivity index (χ3v) is 4.69. The SMILES string of the molecule is CCCNc1nnc(CN2CCN(C3CC3)CC2)s1. The van der Waals surface area contributed by atoms with E-state index in [4.69, 9.17) is 0 Å². The van der Waals surface area contributed by atoms with Gasteiger partial charge in [0.15, 0.2) is 0 Å². The molecule has 1 saturated carbocycles. The molecule has 0 aromatic carbocycles. The average molecular weight is 281 g/mol. The van der Waals surface area contributed by atoms with Gasteiger partial charge in [-0.15, -0.1) is 10.2 Å². The van der Waals surface area contributed by atoms with Crippen molar-refractivity contribution >= 4 is 16.5 Å². The Kier molecular flexibility index (Phi) is 4.30. The lowest BCUT2D eigenvalue weighted by atomic mass is 10.3. The Labute approximate surface area is 119 Å². The maximum Gasteiger partial charge on any atom is 0.205 e. The third-order valence-electron chi connectivity index (χ3n) is 3.82. The van der Waals surface area contributed by atoms with Crippen molar-refractivity contribution in [3.63, 3.8) is 0 Å². The Morgan fingerprint density at radius 1 is 1.21 bits per heavy atom. The first-order valence-corrected chi connectivity index (χ1v) is 8.19. The molecule has 0 amide bonds. The Bertz CT molecular complexity index is 395. The molecule has 1 saturated heterocycles. The summed E-state index contributed by atoms with van der Waals surface area (Å²) in [6.45, 7) is 8.91. The van der Waals surface area contributed by atoms with Crippen LogP contribution in [0, 0.1) is 0 Å². The van der Waals surface area contributed by atoms with Crippen molar-refractivity contribution < 1.29 is 0 Å². The van der Waals surface area contributed by atoms with Crippen LogP contribution < -0.4 is 5.32 Å². The number of piperazine rings is 1. The summed E-state index contributed by atoms with van der Waals surface area (Å²) in [6.07, 6.45) is 3.96. The van der Waals surface area contributed by atoms with Crippen molar-refractivity contribution in [1.82, 2.24) is 20.0 Å². The maximum absolute atomic E-state index is 4.28. The van der Waals surface area contributed by atoms with Gasteiger partial charge in [-0.25, -0.2) is 0 Å². The molecular weight excluding hydrogens is 258 g/mol. The lowest BCUT2D eigenvalue weighted by Crippen LogP contribution is -2.46. The van der Waals surface area contributed by atoms with E-state index in [9.17, 15) is 0 Å². The zero-order valence-corrected chi connectivity index (χ0v) is 12.5. The molecule has 1 N–H and O–H groups in total. The van der Waals surface area contributed by atoms with Crippen LogP contribution in [0.4, 0.5) is 5.13 Å². The van der Waals surface area contributed by atoms with Crippen LogP contribution in [0.15, 0.2) is 0 Å².